The summed E-state index contributed by atoms with van der Waals surface area (Å²) in [6.45, 7) is 0.256. The third-order valence-corrected chi connectivity index (χ3v) is 2.39. The summed E-state index contributed by atoms with van der Waals surface area (Å²) in [6, 6.07) is 5.34. The lowest BCUT2D eigenvalue weighted by atomic mass is 10.2. The normalized spacial score (nSPS) is 12.2. The lowest BCUT2D eigenvalue weighted by Crippen LogP contribution is -2.33. The molecule has 0 saturated carbocycles. The van der Waals surface area contributed by atoms with Crippen LogP contribution in [0.5, 0.6) is 5.75 Å². The molecule has 0 amide bonds. The lowest BCUT2D eigenvalue weighted by Gasteiger charge is -2.21. The Bertz CT molecular complexity index is 415. The predicted molar refractivity (Wildman–Crippen MR) is 59.6 cm³/mol. The minimum absolute atomic E-state index is 0.0758. The fourth-order valence-electron chi connectivity index (χ4n) is 1.26. The summed E-state index contributed by atoms with van der Waals surface area (Å²) in [7, 11) is 3.66. The molecular formula is C12H14F2N2O. The zero-order chi connectivity index (χ0) is 12.8. The first-order valence-corrected chi connectivity index (χ1v) is 5.16. The molecule has 1 aromatic rings. The molecule has 0 fully saturated rings. The molecule has 0 aliphatic rings. The highest BCUT2D eigenvalue weighted by atomic mass is 19.2. The van der Waals surface area contributed by atoms with Crippen LogP contribution in [0.3, 0.4) is 0 Å². The van der Waals surface area contributed by atoms with E-state index in [1.807, 2.05) is 19.0 Å². The molecule has 1 rings (SSSR count). The van der Waals surface area contributed by atoms with Crippen LogP contribution in [0, 0.1) is 23.0 Å². The molecule has 0 N–H and O–H groups in total. The summed E-state index contributed by atoms with van der Waals surface area (Å²) in [5.41, 5.74) is 0. The van der Waals surface area contributed by atoms with E-state index in [1.54, 1.807) is 0 Å². The Balaban J connectivity index is 2.59. The maximum Gasteiger partial charge on any atom is 0.162 e. The van der Waals surface area contributed by atoms with E-state index in [4.69, 9.17) is 10.00 Å². The standard InChI is InChI=1S/C12H14F2N2O/c1-16(2)9(5-6-15)8-17-10-3-4-11(13)12(14)7-10/h3-4,7,9H,5,8H2,1-2H3. The molecule has 5 heteroatoms. The van der Waals surface area contributed by atoms with Crippen LogP contribution >= 0.6 is 0 Å². The number of halogens is 2. The zero-order valence-corrected chi connectivity index (χ0v) is 9.78. The fraction of sp³-hybridized carbons (Fsp3) is 0.417. The first-order valence-electron chi connectivity index (χ1n) is 5.16. The Hall–Kier alpha value is -1.67. The average Bonchev–Trinajstić information content (AvgIpc) is 2.28. The third-order valence-electron chi connectivity index (χ3n) is 2.39. The molecule has 0 aliphatic heterocycles. The number of hydrogen-bond donors (Lipinski definition) is 0. The summed E-state index contributed by atoms with van der Waals surface area (Å²) >= 11 is 0. The Kier molecular flexibility index (Phi) is 4.85. The monoisotopic (exact) mass is 240 g/mol. The topological polar surface area (TPSA) is 36.3 Å². The van der Waals surface area contributed by atoms with Crippen molar-refractivity contribution in [3.63, 3.8) is 0 Å². The van der Waals surface area contributed by atoms with Gasteiger partial charge in [-0.1, -0.05) is 0 Å². The number of nitrogens with zero attached hydrogens (tertiary/aromatic N) is 2. The van der Waals surface area contributed by atoms with Gasteiger partial charge < -0.3 is 9.64 Å². The lowest BCUT2D eigenvalue weighted by molar-refractivity contribution is 0.187. The van der Waals surface area contributed by atoms with Gasteiger partial charge in [0.05, 0.1) is 18.5 Å². The van der Waals surface area contributed by atoms with Gasteiger partial charge in [-0.15, -0.1) is 0 Å². The highest BCUT2D eigenvalue weighted by Crippen LogP contribution is 2.16. The van der Waals surface area contributed by atoms with Crippen LogP contribution in [0.4, 0.5) is 8.78 Å². The molecule has 17 heavy (non-hydrogen) atoms. The van der Waals surface area contributed by atoms with E-state index in [0.717, 1.165) is 12.1 Å². The predicted octanol–water partition coefficient (Wildman–Crippen LogP) is 2.19. The van der Waals surface area contributed by atoms with Crippen LogP contribution in [0.15, 0.2) is 18.2 Å². The van der Waals surface area contributed by atoms with Gasteiger partial charge in [-0.25, -0.2) is 8.78 Å². The Labute approximate surface area is 99.2 Å². The van der Waals surface area contributed by atoms with Crippen LogP contribution in [-0.4, -0.2) is 31.6 Å². The highest BCUT2D eigenvalue weighted by molar-refractivity contribution is 5.23. The van der Waals surface area contributed by atoms with Gasteiger partial charge in [0, 0.05) is 6.07 Å². The van der Waals surface area contributed by atoms with Gasteiger partial charge >= 0.3 is 0 Å². The minimum atomic E-state index is -0.941. The molecule has 1 atom stereocenters. The van der Waals surface area contributed by atoms with Crippen LogP contribution < -0.4 is 4.74 Å². The quantitative estimate of drug-likeness (QED) is 0.791. The molecule has 0 bridgehead atoms. The molecule has 3 nitrogen and oxygen atoms in total. The van der Waals surface area contributed by atoms with Crippen molar-refractivity contribution in [3.8, 4) is 11.8 Å². The van der Waals surface area contributed by atoms with Crippen LogP contribution in [-0.2, 0) is 0 Å². The molecule has 1 aromatic carbocycles. The van der Waals surface area contributed by atoms with Crippen LogP contribution in [0.1, 0.15) is 6.42 Å². The third kappa shape index (κ3) is 4.00. The second-order valence-electron chi connectivity index (χ2n) is 3.87. The van der Waals surface area contributed by atoms with E-state index in [2.05, 4.69) is 6.07 Å². The molecule has 0 radical (unpaired) electrons. The average molecular weight is 240 g/mol. The summed E-state index contributed by atoms with van der Waals surface area (Å²) in [4.78, 5) is 1.85. The Morgan fingerprint density at radius 3 is 2.59 bits per heavy atom. The number of nitriles is 1. The van der Waals surface area contributed by atoms with Gasteiger partial charge in [0.15, 0.2) is 11.6 Å². The van der Waals surface area contributed by atoms with Crippen molar-refractivity contribution in [1.29, 1.82) is 5.26 Å². The molecule has 0 spiro atoms. The molecule has 0 saturated heterocycles. The van der Waals surface area contributed by atoms with E-state index in [-0.39, 0.29) is 18.4 Å². The second kappa shape index (κ2) is 6.16. The summed E-state index contributed by atoms with van der Waals surface area (Å²) in [6.07, 6.45) is 0.316. The Morgan fingerprint density at radius 1 is 1.35 bits per heavy atom. The Morgan fingerprint density at radius 2 is 2.06 bits per heavy atom. The molecule has 1 unspecified atom stereocenters. The van der Waals surface area contributed by atoms with Crippen molar-refractivity contribution in [2.75, 3.05) is 20.7 Å². The SMILES string of the molecule is CN(C)C(CC#N)COc1ccc(F)c(F)c1. The first-order chi connectivity index (χ1) is 8.04. The molecular weight excluding hydrogens is 226 g/mol. The van der Waals surface area contributed by atoms with E-state index in [9.17, 15) is 8.78 Å². The van der Waals surface area contributed by atoms with E-state index < -0.39 is 11.6 Å². The van der Waals surface area contributed by atoms with Gasteiger partial charge in [0.25, 0.3) is 0 Å². The smallest absolute Gasteiger partial charge is 0.162 e. The molecule has 92 valence electrons. The van der Waals surface area contributed by atoms with Crippen molar-refractivity contribution < 1.29 is 13.5 Å². The molecule has 0 aromatic heterocycles. The van der Waals surface area contributed by atoms with E-state index in [1.165, 1.54) is 6.07 Å². The highest BCUT2D eigenvalue weighted by Gasteiger charge is 2.12. The van der Waals surface area contributed by atoms with Gasteiger partial charge in [0.1, 0.15) is 12.4 Å². The maximum atomic E-state index is 12.9. The van der Waals surface area contributed by atoms with Crippen LogP contribution in [0.25, 0.3) is 0 Å². The molecule has 0 heterocycles. The van der Waals surface area contributed by atoms with Gasteiger partial charge in [0.2, 0.25) is 0 Å². The zero-order valence-electron chi connectivity index (χ0n) is 9.78. The maximum absolute atomic E-state index is 12.9. The largest absolute Gasteiger partial charge is 0.492 e. The van der Waals surface area contributed by atoms with Crippen LogP contribution in [0.2, 0.25) is 0 Å². The van der Waals surface area contributed by atoms with Crippen molar-refractivity contribution >= 4 is 0 Å². The van der Waals surface area contributed by atoms with Crippen molar-refractivity contribution in [1.82, 2.24) is 4.90 Å². The summed E-state index contributed by atoms with van der Waals surface area (Å²) < 4.78 is 30.9. The second-order valence-corrected chi connectivity index (χ2v) is 3.87. The van der Waals surface area contributed by atoms with E-state index in [0.29, 0.717) is 6.42 Å². The van der Waals surface area contributed by atoms with Crippen molar-refractivity contribution in [2.45, 2.75) is 12.5 Å². The number of hydrogen-bond acceptors (Lipinski definition) is 3. The fourth-order valence-corrected chi connectivity index (χ4v) is 1.26. The van der Waals surface area contributed by atoms with Crippen molar-refractivity contribution in [2.24, 2.45) is 0 Å². The summed E-state index contributed by atoms with van der Waals surface area (Å²) in [5.74, 6) is -1.59. The van der Waals surface area contributed by atoms with Gasteiger partial charge in [-0.05, 0) is 26.2 Å². The number of rotatable bonds is 5. The number of ether oxygens (including phenoxy) is 1. The number of likely N-dealkylation sites (N-methyl/N-ethyl adjacent to an activating group) is 1. The first kappa shape index (κ1) is 13.4. The summed E-state index contributed by atoms with van der Waals surface area (Å²) in [5, 5.41) is 8.62. The van der Waals surface area contributed by atoms with Gasteiger partial charge in [-0.3, -0.25) is 0 Å². The number of benzene rings is 1. The van der Waals surface area contributed by atoms with Crippen molar-refractivity contribution in [3.05, 3.63) is 29.8 Å². The minimum Gasteiger partial charge on any atom is -0.492 e. The van der Waals surface area contributed by atoms with E-state index >= 15 is 0 Å². The van der Waals surface area contributed by atoms with Gasteiger partial charge in [-0.2, -0.15) is 5.26 Å². The molecule has 0 aliphatic carbocycles.